The molecule has 0 aliphatic rings. The van der Waals surface area contributed by atoms with Gasteiger partial charge in [-0.2, -0.15) is 4.68 Å². The van der Waals surface area contributed by atoms with E-state index in [1.54, 1.807) is 4.68 Å². The van der Waals surface area contributed by atoms with Gasteiger partial charge in [-0.15, -0.1) is 5.10 Å². The van der Waals surface area contributed by atoms with Crippen molar-refractivity contribution in [2.24, 2.45) is 0 Å². The first-order valence-corrected chi connectivity index (χ1v) is 6.23. The molecule has 0 aliphatic heterocycles. The summed E-state index contributed by atoms with van der Waals surface area (Å²) in [5.74, 6) is 0.778. The summed E-state index contributed by atoms with van der Waals surface area (Å²) < 4.78 is 1.75. The van der Waals surface area contributed by atoms with Crippen LogP contribution < -0.4 is 5.32 Å². The van der Waals surface area contributed by atoms with Crippen LogP contribution in [-0.2, 0) is 0 Å². The molecule has 3 rings (SSSR count). The lowest BCUT2D eigenvalue weighted by Crippen LogP contribution is -2.12. The highest BCUT2D eigenvalue weighted by atomic mass is 15.4. The second-order valence-corrected chi connectivity index (χ2v) is 4.45. The number of nitrogens with one attached hydrogen (secondary N) is 1. The van der Waals surface area contributed by atoms with Gasteiger partial charge in [0, 0.05) is 12.2 Å². The van der Waals surface area contributed by atoms with E-state index in [2.05, 4.69) is 33.6 Å². The Morgan fingerprint density at radius 1 is 1.16 bits per heavy atom. The Morgan fingerprint density at radius 3 is 2.74 bits per heavy atom. The number of benzene rings is 1. The van der Waals surface area contributed by atoms with Gasteiger partial charge in [0.2, 0.25) is 0 Å². The Bertz CT molecular complexity index is 686. The molecule has 0 bridgehead atoms. The maximum Gasteiger partial charge on any atom is 0.155 e. The van der Waals surface area contributed by atoms with Crippen LogP contribution in [0.2, 0.25) is 0 Å². The van der Waals surface area contributed by atoms with Gasteiger partial charge in [0.05, 0.1) is 5.52 Å². The maximum absolute atomic E-state index is 4.46. The summed E-state index contributed by atoms with van der Waals surface area (Å²) in [6, 6.07) is 12.2. The number of para-hydroxylation sites is 1. The van der Waals surface area contributed by atoms with Crippen LogP contribution in [0.15, 0.2) is 42.6 Å². The maximum atomic E-state index is 4.46. The topological polar surface area (TPSA) is 55.6 Å². The van der Waals surface area contributed by atoms with Crippen molar-refractivity contribution in [1.29, 1.82) is 0 Å². The minimum absolute atomic E-state index is 0.286. The van der Waals surface area contributed by atoms with Crippen LogP contribution in [0.5, 0.6) is 0 Å². The molecule has 1 aromatic carbocycles. The molecule has 2 heterocycles. The molecular weight excluding hydrogens is 238 g/mol. The molecule has 0 saturated carbocycles. The molecule has 0 radical (unpaired) electrons. The molecule has 96 valence electrons. The third kappa shape index (κ3) is 2.08. The van der Waals surface area contributed by atoms with Gasteiger partial charge in [0.1, 0.15) is 5.52 Å². The van der Waals surface area contributed by atoms with E-state index >= 15 is 0 Å². The summed E-state index contributed by atoms with van der Waals surface area (Å²) >= 11 is 0. The number of pyridine rings is 1. The van der Waals surface area contributed by atoms with Crippen LogP contribution in [0.25, 0.3) is 16.9 Å². The number of aromatic nitrogens is 4. The highest BCUT2D eigenvalue weighted by molar-refractivity contribution is 5.75. The molecule has 1 unspecified atom stereocenters. The zero-order valence-corrected chi connectivity index (χ0v) is 10.9. The molecule has 1 N–H and O–H groups in total. The van der Waals surface area contributed by atoms with Gasteiger partial charge in [-0.3, -0.25) is 0 Å². The van der Waals surface area contributed by atoms with E-state index in [-0.39, 0.29) is 6.04 Å². The Hall–Kier alpha value is -2.27. The third-order valence-electron chi connectivity index (χ3n) is 3.27. The van der Waals surface area contributed by atoms with Crippen molar-refractivity contribution in [2.45, 2.75) is 13.0 Å². The minimum Gasteiger partial charge on any atom is -0.313 e. The second kappa shape index (κ2) is 4.78. The van der Waals surface area contributed by atoms with E-state index in [9.17, 15) is 0 Å². The first-order valence-electron chi connectivity index (χ1n) is 6.23. The molecule has 19 heavy (non-hydrogen) atoms. The van der Waals surface area contributed by atoms with E-state index < -0.39 is 0 Å². The van der Waals surface area contributed by atoms with Gasteiger partial charge in [-0.1, -0.05) is 23.4 Å². The monoisotopic (exact) mass is 253 g/mol. The Morgan fingerprint density at radius 2 is 2.00 bits per heavy atom. The smallest absolute Gasteiger partial charge is 0.155 e. The predicted molar refractivity (Wildman–Crippen MR) is 74.1 cm³/mol. The van der Waals surface area contributed by atoms with Crippen molar-refractivity contribution < 1.29 is 0 Å². The molecule has 5 nitrogen and oxygen atoms in total. The lowest BCUT2D eigenvalue weighted by atomic mass is 10.1. The lowest BCUT2D eigenvalue weighted by molar-refractivity contribution is 0.648. The van der Waals surface area contributed by atoms with Crippen molar-refractivity contribution in [1.82, 2.24) is 25.3 Å². The van der Waals surface area contributed by atoms with E-state index in [1.807, 2.05) is 43.6 Å². The van der Waals surface area contributed by atoms with Crippen molar-refractivity contribution in [3.8, 4) is 5.82 Å². The highest BCUT2D eigenvalue weighted by Gasteiger charge is 2.08. The zero-order chi connectivity index (χ0) is 13.2. The van der Waals surface area contributed by atoms with Gasteiger partial charge in [0.15, 0.2) is 5.82 Å². The molecule has 3 aromatic rings. The summed E-state index contributed by atoms with van der Waals surface area (Å²) in [4.78, 5) is 4.46. The van der Waals surface area contributed by atoms with Crippen LogP contribution in [0, 0.1) is 0 Å². The Labute approximate surface area is 111 Å². The van der Waals surface area contributed by atoms with Crippen LogP contribution in [0.1, 0.15) is 18.5 Å². The first-order chi connectivity index (χ1) is 9.29. The van der Waals surface area contributed by atoms with Crippen molar-refractivity contribution in [3.63, 3.8) is 0 Å². The third-order valence-corrected chi connectivity index (χ3v) is 3.27. The SMILES string of the molecule is CNC(C)c1ccc(-n2nnc3ccccc32)nc1. The highest BCUT2D eigenvalue weighted by Crippen LogP contribution is 2.16. The van der Waals surface area contributed by atoms with Crippen molar-refractivity contribution in [2.75, 3.05) is 7.05 Å². The van der Waals surface area contributed by atoms with Gasteiger partial charge in [0.25, 0.3) is 0 Å². The molecule has 0 saturated heterocycles. The van der Waals surface area contributed by atoms with Crippen LogP contribution in [0.3, 0.4) is 0 Å². The zero-order valence-electron chi connectivity index (χ0n) is 10.9. The minimum atomic E-state index is 0.286. The summed E-state index contributed by atoms with van der Waals surface area (Å²) in [5, 5.41) is 11.5. The molecular formula is C14H15N5. The first kappa shape index (κ1) is 11.8. The summed E-state index contributed by atoms with van der Waals surface area (Å²) in [5.41, 5.74) is 2.98. The average molecular weight is 253 g/mol. The van der Waals surface area contributed by atoms with Gasteiger partial charge >= 0.3 is 0 Å². The summed E-state index contributed by atoms with van der Waals surface area (Å²) in [7, 11) is 1.93. The fourth-order valence-corrected chi connectivity index (χ4v) is 1.98. The molecule has 0 amide bonds. The fraction of sp³-hybridized carbons (Fsp3) is 0.214. The molecule has 2 aromatic heterocycles. The predicted octanol–water partition coefficient (Wildman–Crippen LogP) is 2.10. The molecule has 0 spiro atoms. The Balaban J connectivity index is 2.02. The van der Waals surface area contributed by atoms with E-state index in [1.165, 1.54) is 0 Å². The largest absolute Gasteiger partial charge is 0.313 e. The van der Waals surface area contributed by atoms with Gasteiger partial charge < -0.3 is 5.32 Å². The van der Waals surface area contributed by atoms with Crippen molar-refractivity contribution >= 4 is 11.0 Å². The average Bonchev–Trinajstić information content (AvgIpc) is 2.90. The van der Waals surface area contributed by atoms with E-state index in [4.69, 9.17) is 0 Å². The van der Waals surface area contributed by atoms with Crippen LogP contribution >= 0.6 is 0 Å². The second-order valence-electron chi connectivity index (χ2n) is 4.45. The molecule has 0 fully saturated rings. The molecule has 5 heteroatoms. The quantitative estimate of drug-likeness (QED) is 0.776. The summed E-state index contributed by atoms with van der Waals surface area (Å²) in [6.07, 6.45) is 1.87. The van der Waals surface area contributed by atoms with E-state index in [0.717, 1.165) is 22.4 Å². The van der Waals surface area contributed by atoms with Crippen LogP contribution in [0.4, 0.5) is 0 Å². The Kier molecular flexibility index (Phi) is 2.97. The van der Waals surface area contributed by atoms with Crippen LogP contribution in [-0.4, -0.2) is 27.0 Å². The molecule has 1 atom stereocenters. The normalized spacial score (nSPS) is 12.7. The number of fused-ring (bicyclic) bond motifs is 1. The van der Waals surface area contributed by atoms with Gasteiger partial charge in [-0.25, -0.2) is 4.98 Å². The number of hydrogen-bond acceptors (Lipinski definition) is 4. The number of rotatable bonds is 3. The van der Waals surface area contributed by atoms with Gasteiger partial charge in [-0.05, 0) is 37.7 Å². The summed E-state index contributed by atoms with van der Waals surface area (Å²) in [6.45, 7) is 2.10. The molecule has 0 aliphatic carbocycles. The number of nitrogens with zero attached hydrogens (tertiary/aromatic N) is 4. The standard InChI is InChI=1S/C14H15N5/c1-10(15-2)11-7-8-14(16-9-11)19-13-6-4-3-5-12(13)17-18-19/h3-10,15H,1-2H3. The fourth-order valence-electron chi connectivity index (χ4n) is 1.98. The van der Waals surface area contributed by atoms with Crippen molar-refractivity contribution in [3.05, 3.63) is 48.2 Å². The van der Waals surface area contributed by atoms with E-state index in [0.29, 0.717) is 0 Å². The lowest BCUT2D eigenvalue weighted by Gasteiger charge is -2.10. The number of hydrogen-bond donors (Lipinski definition) is 1.